The fourth-order valence-corrected chi connectivity index (χ4v) is 0.841. The van der Waals surface area contributed by atoms with Crippen LogP contribution in [0.5, 0.6) is 0 Å². The van der Waals surface area contributed by atoms with Crippen molar-refractivity contribution in [1.29, 1.82) is 0 Å². The van der Waals surface area contributed by atoms with E-state index in [0.29, 0.717) is 0 Å². The Morgan fingerprint density at radius 2 is 1.92 bits per heavy atom. The number of hydrogen-bond acceptors (Lipinski definition) is 2. The Kier molecular flexibility index (Phi) is 8.07. The molecular weight excluding hydrogens is 152 g/mol. The SMILES string of the molecule is C/C(=C\CCC/C=C/CO)CO. The highest BCUT2D eigenvalue weighted by molar-refractivity contribution is 4.97. The third kappa shape index (κ3) is 7.51. The first kappa shape index (κ1) is 11.4. The molecule has 2 N–H and O–H groups in total. The summed E-state index contributed by atoms with van der Waals surface area (Å²) >= 11 is 0. The smallest absolute Gasteiger partial charge is 0.0639 e. The van der Waals surface area contributed by atoms with Gasteiger partial charge in [0.15, 0.2) is 0 Å². The van der Waals surface area contributed by atoms with Gasteiger partial charge >= 0.3 is 0 Å². The van der Waals surface area contributed by atoms with Gasteiger partial charge in [-0.25, -0.2) is 0 Å². The van der Waals surface area contributed by atoms with Crippen molar-refractivity contribution in [3.05, 3.63) is 23.8 Å². The van der Waals surface area contributed by atoms with Gasteiger partial charge in [0.05, 0.1) is 13.2 Å². The number of aliphatic hydroxyl groups is 2. The Morgan fingerprint density at radius 3 is 2.50 bits per heavy atom. The van der Waals surface area contributed by atoms with Crippen molar-refractivity contribution in [3.8, 4) is 0 Å². The lowest BCUT2D eigenvalue weighted by Gasteiger charge is -1.94. The summed E-state index contributed by atoms with van der Waals surface area (Å²) in [6, 6.07) is 0. The molecular formula is C10H18O2. The van der Waals surface area contributed by atoms with Crippen LogP contribution in [-0.4, -0.2) is 23.4 Å². The molecule has 2 heteroatoms. The Labute approximate surface area is 74.2 Å². The van der Waals surface area contributed by atoms with E-state index < -0.39 is 0 Å². The van der Waals surface area contributed by atoms with Crippen LogP contribution >= 0.6 is 0 Å². The molecule has 0 radical (unpaired) electrons. The summed E-state index contributed by atoms with van der Waals surface area (Å²) in [6.45, 7) is 2.21. The van der Waals surface area contributed by atoms with Gasteiger partial charge in [0.2, 0.25) is 0 Å². The van der Waals surface area contributed by atoms with E-state index in [9.17, 15) is 0 Å². The summed E-state index contributed by atoms with van der Waals surface area (Å²) < 4.78 is 0. The van der Waals surface area contributed by atoms with Crippen molar-refractivity contribution in [2.24, 2.45) is 0 Å². The number of rotatable bonds is 6. The molecule has 0 atom stereocenters. The molecule has 0 saturated heterocycles. The van der Waals surface area contributed by atoms with Crippen LogP contribution in [0.25, 0.3) is 0 Å². The molecule has 0 fully saturated rings. The first-order valence-electron chi connectivity index (χ1n) is 4.33. The van der Waals surface area contributed by atoms with Crippen LogP contribution in [0.15, 0.2) is 23.8 Å². The van der Waals surface area contributed by atoms with Crippen molar-refractivity contribution < 1.29 is 10.2 Å². The predicted molar refractivity (Wildman–Crippen MR) is 50.9 cm³/mol. The summed E-state index contributed by atoms with van der Waals surface area (Å²) in [4.78, 5) is 0. The fourth-order valence-electron chi connectivity index (χ4n) is 0.841. The second-order valence-corrected chi connectivity index (χ2v) is 2.79. The van der Waals surface area contributed by atoms with Crippen LogP contribution in [-0.2, 0) is 0 Å². The monoisotopic (exact) mass is 170 g/mol. The topological polar surface area (TPSA) is 40.5 Å². The Morgan fingerprint density at radius 1 is 1.17 bits per heavy atom. The number of aliphatic hydroxyl groups excluding tert-OH is 2. The van der Waals surface area contributed by atoms with Gasteiger partial charge in [-0.1, -0.05) is 23.8 Å². The van der Waals surface area contributed by atoms with Crippen LogP contribution in [0.4, 0.5) is 0 Å². The normalized spacial score (nSPS) is 12.8. The summed E-state index contributed by atoms with van der Waals surface area (Å²) in [6.07, 6.45) is 8.85. The highest BCUT2D eigenvalue weighted by Crippen LogP contribution is 2.01. The quantitative estimate of drug-likeness (QED) is 0.470. The maximum absolute atomic E-state index is 8.66. The molecule has 2 nitrogen and oxygen atoms in total. The Hall–Kier alpha value is -0.600. The molecule has 0 amide bonds. The van der Waals surface area contributed by atoms with Crippen molar-refractivity contribution in [2.75, 3.05) is 13.2 Å². The van der Waals surface area contributed by atoms with Gasteiger partial charge in [0.25, 0.3) is 0 Å². The van der Waals surface area contributed by atoms with Crippen LogP contribution in [0.1, 0.15) is 26.2 Å². The molecule has 0 aliphatic carbocycles. The minimum Gasteiger partial charge on any atom is -0.392 e. The van der Waals surface area contributed by atoms with Gasteiger partial charge in [0.1, 0.15) is 0 Å². The zero-order valence-electron chi connectivity index (χ0n) is 7.66. The molecule has 0 aromatic heterocycles. The standard InChI is InChI=1S/C10H18O2/c1-10(9-12)7-5-3-2-4-6-8-11/h4,6-7,11-12H,2-3,5,8-9H2,1H3/b6-4+,10-7+. The van der Waals surface area contributed by atoms with Crippen LogP contribution < -0.4 is 0 Å². The molecule has 12 heavy (non-hydrogen) atoms. The van der Waals surface area contributed by atoms with E-state index in [1.165, 1.54) is 0 Å². The van der Waals surface area contributed by atoms with E-state index in [4.69, 9.17) is 10.2 Å². The zero-order valence-corrected chi connectivity index (χ0v) is 7.66. The van der Waals surface area contributed by atoms with E-state index in [-0.39, 0.29) is 13.2 Å². The van der Waals surface area contributed by atoms with Gasteiger partial charge in [-0.15, -0.1) is 0 Å². The summed E-state index contributed by atoms with van der Waals surface area (Å²) in [5, 5.41) is 17.1. The molecule has 0 aromatic carbocycles. The fraction of sp³-hybridized carbons (Fsp3) is 0.600. The van der Waals surface area contributed by atoms with E-state index in [1.807, 2.05) is 19.1 Å². The first-order chi connectivity index (χ1) is 5.81. The molecule has 0 aliphatic heterocycles. The summed E-state index contributed by atoms with van der Waals surface area (Å²) in [7, 11) is 0. The summed E-state index contributed by atoms with van der Waals surface area (Å²) in [5.41, 5.74) is 1.03. The second kappa shape index (κ2) is 8.50. The highest BCUT2D eigenvalue weighted by Gasteiger charge is 1.84. The largest absolute Gasteiger partial charge is 0.392 e. The average Bonchev–Trinajstić information content (AvgIpc) is 2.10. The minimum absolute atomic E-state index is 0.130. The van der Waals surface area contributed by atoms with Crippen LogP contribution in [0, 0.1) is 0 Å². The van der Waals surface area contributed by atoms with Gasteiger partial charge in [0, 0.05) is 0 Å². The molecule has 0 heterocycles. The second-order valence-electron chi connectivity index (χ2n) is 2.79. The molecule has 0 unspecified atom stereocenters. The molecule has 0 rings (SSSR count). The van der Waals surface area contributed by atoms with Crippen molar-refractivity contribution in [2.45, 2.75) is 26.2 Å². The Balaban J connectivity index is 3.26. The van der Waals surface area contributed by atoms with E-state index in [0.717, 1.165) is 24.8 Å². The van der Waals surface area contributed by atoms with E-state index >= 15 is 0 Å². The van der Waals surface area contributed by atoms with Crippen molar-refractivity contribution in [1.82, 2.24) is 0 Å². The number of hydrogen-bond donors (Lipinski definition) is 2. The highest BCUT2D eigenvalue weighted by atomic mass is 16.3. The molecule has 0 spiro atoms. The minimum atomic E-state index is 0.130. The van der Waals surface area contributed by atoms with Crippen LogP contribution in [0.3, 0.4) is 0 Å². The lowest BCUT2D eigenvalue weighted by atomic mass is 10.2. The maximum atomic E-state index is 8.66. The van der Waals surface area contributed by atoms with E-state index in [2.05, 4.69) is 0 Å². The molecule has 0 saturated carbocycles. The predicted octanol–water partition coefficient (Wildman–Crippen LogP) is 1.64. The lowest BCUT2D eigenvalue weighted by molar-refractivity contribution is 0.331. The maximum Gasteiger partial charge on any atom is 0.0639 e. The van der Waals surface area contributed by atoms with Gasteiger partial charge in [-0.3, -0.25) is 0 Å². The van der Waals surface area contributed by atoms with Crippen molar-refractivity contribution >= 4 is 0 Å². The number of unbranched alkanes of at least 4 members (excludes halogenated alkanes) is 2. The van der Waals surface area contributed by atoms with Crippen molar-refractivity contribution in [3.63, 3.8) is 0 Å². The van der Waals surface area contributed by atoms with Gasteiger partial charge in [-0.05, 0) is 26.2 Å². The molecule has 0 aliphatic rings. The molecule has 0 bridgehead atoms. The average molecular weight is 170 g/mol. The van der Waals surface area contributed by atoms with Gasteiger partial charge in [-0.2, -0.15) is 0 Å². The third-order valence-corrected chi connectivity index (χ3v) is 1.59. The van der Waals surface area contributed by atoms with Gasteiger partial charge < -0.3 is 10.2 Å². The number of allylic oxidation sites excluding steroid dienone is 2. The molecule has 0 aromatic rings. The van der Waals surface area contributed by atoms with E-state index in [1.54, 1.807) is 6.08 Å². The zero-order chi connectivity index (χ0) is 9.23. The Bertz CT molecular complexity index is 148. The first-order valence-corrected chi connectivity index (χ1v) is 4.33. The molecule has 70 valence electrons. The lowest BCUT2D eigenvalue weighted by Crippen LogP contribution is -1.83. The van der Waals surface area contributed by atoms with Crippen LogP contribution in [0.2, 0.25) is 0 Å². The summed E-state index contributed by atoms with van der Waals surface area (Å²) in [5.74, 6) is 0. The third-order valence-electron chi connectivity index (χ3n) is 1.59.